The number of nitrogens with one attached hydrogen (secondary N) is 1. The van der Waals surface area contributed by atoms with Crippen molar-refractivity contribution in [2.75, 3.05) is 13.2 Å². The molecule has 0 spiro atoms. The van der Waals surface area contributed by atoms with Crippen LogP contribution in [0.1, 0.15) is 42.2 Å². The molecule has 0 aliphatic rings. The minimum atomic E-state index is -0.549. The Hall–Kier alpha value is -0.900. The maximum absolute atomic E-state index is 10.7. The van der Waals surface area contributed by atoms with Gasteiger partial charge >= 0.3 is 0 Å². The molecule has 1 aromatic carbocycles. The van der Waals surface area contributed by atoms with Crippen LogP contribution in [0, 0.1) is 26.7 Å². The lowest BCUT2D eigenvalue weighted by atomic mass is 9.87. The van der Waals surface area contributed by atoms with Gasteiger partial charge in [0.1, 0.15) is 0 Å². The molecule has 0 amide bonds. The van der Waals surface area contributed by atoms with Crippen LogP contribution in [0.2, 0.25) is 0 Å². The molecule has 0 aliphatic carbocycles. The molecule has 19 heavy (non-hydrogen) atoms. The summed E-state index contributed by atoms with van der Waals surface area (Å²) in [5.41, 5.74) is 4.48. The average Bonchev–Trinajstić information content (AvgIpc) is 2.27. The maximum atomic E-state index is 10.7. The lowest BCUT2D eigenvalue weighted by Gasteiger charge is -2.30. The summed E-state index contributed by atoms with van der Waals surface area (Å²) in [7, 11) is 0. The van der Waals surface area contributed by atoms with Gasteiger partial charge in [-0.05, 0) is 43.4 Å². The van der Waals surface area contributed by atoms with E-state index in [2.05, 4.69) is 38.2 Å². The number of aliphatic hydroxyl groups excluding tert-OH is 2. The SMILES string of the molecule is Cc1cc(C)c(C(O)C(NCCO)C(C)C)c(C)c1. The first-order valence-electron chi connectivity index (χ1n) is 6.98. The summed E-state index contributed by atoms with van der Waals surface area (Å²) in [5.74, 6) is 0.293. The Balaban J connectivity index is 3.05. The van der Waals surface area contributed by atoms with Crippen LogP contribution in [0.5, 0.6) is 0 Å². The summed E-state index contributed by atoms with van der Waals surface area (Å²) in [6.45, 7) is 10.9. The summed E-state index contributed by atoms with van der Waals surface area (Å²) in [6.07, 6.45) is -0.549. The van der Waals surface area contributed by atoms with Crippen LogP contribution in [-0.4, -0.2) is 29.4 Å². The summed E-state index contributed by atoms with van der Waals surface area (Å²) in [5, 5.41) is 22.9. The smallest absolute Gasteiger partial charge is 0.0950 e. The lowest BCUT2D eigenvalue weighted by Crippen LogP contribution is -2.41. The van der Waals surface area contributed by atoms with Crippen LogP contribution in [0.25, 0.3) is 0 Å². The van der Waals surface area contributed by atoms with E-state index in [-0.39, 0.29) is 12.6 Å². The van der Waals surface area contributed by atoms with Gasteiger partial charge in [-0.15, -0.1) is 0 Å². The molecule has 0 aliphatic heterocycles. The van der Waals surface area contributed by atoms with Crippen LogP contribution in [0.3, 0.4) is 0 Å². The number of aryl methyl sites for hydroxylation is 3. The molecule has 3 heteroatoms. The van der Waals surface area contributed by atoms with Crippen molar-refractivity contribution in [1.29, 1.82) is 0 Å². The minimum absolute atomic E-state index is 0.0488. The van der Waals surface area contributed by atoms with Gasteiger partial charge in [0.15, 0.2) is 0 Å². The largest absolute Gasteiger partial charge is 0.395 e. The molecule has 0 fully saturated rings. The number of hydrogen-bond acceptors (Lipinski definition) is 3. The van der Waals surface area contributed by atoms with Crippen LogP contribution < -0.4 is 5.32 Å². The molecule has 0 radical (unpaired) electrons. The van der Waals surface area contributed by atoms with Crippen molar-refractivity contribution in [2.45, 2.75) is 46.8 Å². The van der Waals surface area contributed by atoms with Crippen molar-refractivity contribution in [3.63, 3.8) is 0 Å². The molecular formula is C16H27NO2. The quantitative estimate of drug-likeness (QED) is 0.739. The van der Waals surface area contributed by atoms with Gasteiger partial charge in [-0.25, -0.2) is 0 Å². The fourth-order valence-corrected chi connectivity index (χ4v) is 2.78. The third kappa shape index (κ3) is 4.03. The predicted molar refractivity (Wildman–Crippen MR) is 79.3 cm³/mol. The van der Waals surface area contributed by atoms with Gasteiger partial charge in [0.2, 0.25) is 0 Å². The highest BCUT2D eigenvalue weighted by atomic mass is 16.3. The van der Waals surface area contributed by atoms with E-state index in [4.69, 9.17) is 5.11 Å². The van der Waals surface area contributed by atoms with Crippen molar-refractivity contribution in [3.8, 4) is 0 Å². The fraction of sp³-hybridized carbons (Fsp3) is 0.625. The van der Waals surface area contributed by atoms with E-state index in [9.17, 15) is 5.11 Å². The first kappa shape index (κ1) is 16.2. The molecule has 3 nitrogen and oxygen atoms in total. The van der Waals surface area contributed by atoms with Gasteiger partial charge < -0.3 is 15.5 Å². The second-order valence-electron chi connectivity index (χ2n) is 5.70. The van der Waals surface area contributed by atoms with Gasteiger partial charge in [0, 0.05) is 12.6 Å². The Bertz CT molecular complexity index is 392. The molecule has 0 bridgehead atoms. The first-order chi connectivity index (χ1) is 8.88. The van der Waals surface area contributed by atoms with E-state index < -0.39 is 6.10 Å². The number of hydrogen-bond donors (Lipinski definition) is 3. The number of rotatable bonds is 6. The molecule has 0 saturated heterocycles. The van der Waals surface area contributed by atoms with Crippen molar-refractivity contribution in [2.24, 2.45) is 5.92 Å². The zero-order valence-electron chi connectivity index (χ0n) is 12.7. The van der Waals surface area contributed by atoms with Gasteiger partial charge in [0.05, 0.1) is 12.7 Å². The van der Waals surface area contributed by atoms with Crippen LogP contribution in [-0.2, 0) is 0 Å². The molecular weight excluding hydrogens is 238 g/mol. The van der Waals surface area contributed by atoms with E-state index in [0.717, 1.165) is 16.7 Å². The first-order valence-corrected chi connectivity index (χ1v) is 6.98. The van der Waals surface area contributed by atoms with Gasteiger partial charge in [-0.2, -0.15) is 0 Å². The molecule has 2 unspecified atom stereocenters. The molecule has 2 atom stereocenters. The third-order valence-electron chi connectivity index (χ3n) is 3.58. The molecule has 0 heterocycles. The normalized spacial score (nSPS) is 14.7. The molecule has 0 saturated carbocycles. The van der Waals surface area contributed by atoms with E-state index in [1.165, 1.54) is 5.56 Å². The topological polar surface area (TPSA) is 52.5 Å². The molecule has 108 valence electrons. The summed E-state index contributed by atoms with van der Waals surface area (Å²) in [4.78, 5) is 0. The third-order valence-corrected chi connectivity index (χ3v) is 3.58. The second kappa shape index (κ2) is 7.04. The van der Waals surface area contributed by atoms with E-state index in [0.29, 0.717) is 12.5 Å². The van der Waals surface area contributed by atoms with E-state index in [1.54, 1.807) is 0 Å². The van der Waals surface area contributed by atoms with Crippen molar-refractivity contribution < 1.29 is 10.2 Å². The van der Waals surface area contributed by atoms with Crippen LogP contribution in [0.15, 0.2) is 12.1 Å². The van der Waals surface area contributed by atoms with Gasteiger partial charge in [-0.3, -0.25) is 0 Å². The minimum Gasteiger partial charge on any atom is -0.395 e. The Kier molecular flexibility index (Phi) is 5.98. The van der Waals surface area contributed by atoms with Crippen molar-refractivity contribution >= 4 is 0 Å². The van der Waals surface area contributed by atoms with Crippen molar-refractivity contribution in [1.82, 2.24) is 5.32 Å². The second-order valence-corrected chi connectivity index (χ2v) is 5.70. The standard InChI is InChI=1S/C16H27NO2/c1-10(2)15(17-6-7-18)16(19)14-12(4)8-11(3)9-13(14)5/h8-10,15-19H,6-7H2,1-5H3. The van der Waals surface area contributed by atoms with Gasteiger partial charge in [-0.1, -0.05) is 31.5 Å². The zero-order valence-corrected chi connectivity index (χ0v) is 12.7. The molecule has 3 N–H and O–H groups in total. The van der Waals surface area contributed by atoms with Gasteiger partial charge in [0.25, 0.3) is 0 Å². The molecule has 1 rings (SSSR count). The summed E-state index contributed by atoms with van der Waals surface area (Å²) < 4.78 is 0. The van der Waals surface area contributed by atoms with Crippen molar-refractivity contribution in [3.05, 3.63) is 34.4 Å². The number of aliphatic hydroxyl groups is 2. The monoisotopic (exact) mass is 265 g/mol. The highest BCUT2D eigenvalue weighted by Crippen LogP contribution is 2.28. The Labute approximate surface area is 116 Å². The highest BCUT2D eigenvalue weighted by molar-refractivity contribution is 5.39. The highest BCUT2D eigenvalue weighted by Gasteiger charge is 2.25. The Morgan fingerprint density at radius 2 is 1.63 bits per heavy atom. The molecule has 0 aromatic heterocycles. The zero-order chi connectivity index (χ0) is 14.6. The van der Waals surface area contributed by atoms with Crippen LogP contribution >= 0.6 is 0 Å². The Morgan fingerprint density at radius 3 is 2.05 bits per heavy atom. The van der Waals surface area contributed by atoms with E-state index >= 15 is 0 Å². The fourth-order valence-electron chi connectivity index (χ4n) is 2.78. The summed E-state index contributed by atoms with van der Waals surface area (Å²) >= 11 is 0. The predicted octanol–water partition coefficient (Wildman–Crippen LogP) is 2.25. The van der Waals surface area contributed by atoms with Crippen LogP contribution in [0.4, 0.5) is 0 Å². The lowest BCUT2D eigenvalue weighted by molar-refractivity contribution is 0.100. The number of benzene rings is 1. The average molecular weight is 265 g/mol. The molecule has 1 aromatic rings. The van der Waals surface area contributed by atoms with E-state index in [1.807, 2.05) is 13.8 Å². The summed E-state index contributed by atoms with van der Waals surface area (Å²) in [6, 6.07) is 4.16. The Morgan fingerprint density at radius 1 is 1.11 bits per heavy atom. The maximum Gasteiger partial charge on any atom is 0.0950 e.